The highest BCUT2D eigenvalue weighted by Gasteiger charge is 2.53. The molecule has 4 aromatic rings. The number of halogens is 3. The van der Waals surface area contributed by atoms with E-state index in [1.54, 1.807) is 42.5 Å². The fourth-order valence-electron chi connectivity index (χ4n) is 6.36. The number of nitrogens with zero attached hydrogens (tertiary/aromatic N) is 6. The number of hydrogen-bond acceptors (Lipinski definition) is 8. The Labute approximate surface area is 281 Å². The Balaban J connectivity index is 1.37. The van der Waals surface area contributed by atoms with Gasteiger partial charge < -0.3 is 10.5 Å². The van der Waals surface area contributed by atoms with Gasteiger partial charge >= 0.3 is 12.5 Å². The second-order valence-electron chi connectivity index (χ2n) is 13.6. The number of benzene rings is 2. The smallest absolute Gasteiger partial charge is 0.333 e. The van der Waals surface area contributed by atoms with E-state index in [4.69, 9.17) is 27.1 Å². The third kappa shape index (κ3) is 6.69. The van der Waals surface area contributed by atoms with Gasteiger partial charge in [0.25, 0.3) is 5.91 Å². The number of alkyl halides is 2. The second-order valence-corrected chi connectivity index (χ2v) is 14.0. The number of aromatic nitrogens is 5. The van der Waals surface area contributed by atoms with Crippen LogP contribution in [-0.2, 0) is 19.9 Å². The number of carbonyl (C=O) groups is 2. The van der Waals surface area contributed by atoms with Crippen molar-refractivity contribution in [3.63, 3.8) is 0 Å². The zero-order valence-corrected chi connectivity index (χ0v) is 27.6. The van der Waals surface area contributed by atoms with E-state index in [0.717, 1.165) is 19.3 Å². The van der Waals surface area contributed by atoms with Crippen molar-refractivity contribution in [1.82, 2.24) is 29.9 Å². The van der Waals surface area contributed by atoms with Crippen molar-refractivity contribution in [2.45, 2.75) is 71.0 Å². The van der Waals surface area contributed by atoms with Gasteiger partial charge in [-0.3, -0.25) is 19.6 Å². The van der Waals surface area contributed by atoms with Gasteiger partial charge in [0.2, 0.25) is 0 Å². The Bertz CT molecular complexity index is 1820. The lowest BCUT2D eigenvalue weighted by molar-refractivity contribution is -0.149. The van der Waals surface area contributed by atoms with Crippen LogP contribution in [0.15, 0.2) is 66.2 Å². The predicted molar refractivity (Wildman–Crippen MR) is 176 cm³/mol. The van der Waals surface area contributed by atoms with Gasteiger partial charge in [-0.1, -0.05) is 69.1 Å². The van der Waals surface area contributed by atoms with E-state index in [0.29, 0.717) is 62.1 Å². The van der Waals surface area contributed by atoms with Crippen molar-refractivity contribution in [2.75, 3.05) is 6.61 Å². The topological polar surface area (TPSA) is 144 Å². The normalized spacial score (nSPS) is 19.0. The van der Waals surface area contributed by atoms with Crippen LogP contribution in [0.25, 0.3) is 22.5 Å². The van der Waals surface area contributed by atoms with E-state index in [2.05, 4.69) is 20.3 Å². The van der Waals surface area contributed by atoms with Crippen molar-refractivity contribution >= 4 is 29.4 Å². The first-order chi connectivity index (χ1) is 22.8. The number of esters is 1. The van der Waals surface area contributed by atoms with Crippen molar-refractivity contribution in [2.24, 2.45) is 22.1 Å². The van der Waals surface area contributed by atoms with E-state index in [9.17, 15) is 18.4 Å². The first kappa shape index (κ1) is 33.3. The lowest BCUT2D eigenvalue weighted by Gasteiger charge is -2.35. The highest BCUT2D eigenvalue weighted by Crippen LogP contribution is 2.45. The number of hydrogen-bond donors (Lipinski definition) is 2. The van der Waals surface area contributed by atoms with Gasteiger partial charge in [0.1, 0.15) is 12.9 Å². The molecule has 0 saturated heterocycles. The molecule has 2 aliphatic rings. The first-order valence-electron chi connectivity index (χ1n) is 15.8. The Morgan fingerprint density at radius 2 is 1.92 bits per heavy atom. The van der Waals surface area contributed by atoms with Crippen molar-refractivity contribution < 1.29 is 23.1 Å². The summed E-state index contributed by atoms with van der Waals surface area (Å²) >= 11 is 6.54. The van der Waals surface area contributed by atoms with E-state index in [1.165, 1.54) is 23.6 Å². The third-order valence-electron chi connectivity index (χ3n) is 8.85. The Morgan fingerprint density at radius 1 is 1.17 bits per heavy atom. The molecule has 252 valence electrons. The van der Waals surface area contributed by atoms with Crippen LogP contribution in [0.1, 0.15) is 76.6 Å². The summed E-state index contributed by atoms with van der Waals surface area (Å²) in [6.07, 6.45) is 7.68. The highest BCUT2D eigenvalue weighted by atomic mass is 35.5. The molecule has 2 aromatic carbocycles. The van der Waals surface area contributed by atoms with Gasteiger partial charge in [0.05, 0.1) is 17.3 Å². The van der Waals surface area contributed by atoms with Gasteiger partial charge in [-0.15, -0.1) is 0 Å². The lowest BCUT2D eigenvalue weighted by Crippen LogP contribution is -2.47. The summed E-state index contributed by atoms with van der Waals surface area (Å²) in [5.74, 6) is -0.0231. The molecule has 0 radical (unpaired) electrons. The van der Waals surface area contributed by atoms with Gasteiger partial charge in [0.15, 0.2) is 17.3 Å². The van der Waals surface area contributed by atoms with E-state index >= 15 is 0 Å². The molecule has 1 fully saturated rings. The van der Waals surface area contributed by atoms with Gasteiger partial charge in [0, 0.05) is 23.7 Å². The average Bonchev–Trinajstić information content (AvgIpc) is 3.77. The van der Waals surface area contributed by atoms with Crippen LogP contribution in [0.3, 0.4) is 0 Å². The summed E-state index contributed by atoms with van der Waals surface area (Å²) in [6, 6.07) is 11.4. The number of nitrogens with one attached hydrogen (secondary N) is 1. The molecule has 0 spiro atoms. The molecule has 1 amide bonds. The van der Waals surface area contributed by atoms with Gasteiger partial charge in [-0.2, -0.15) is 19.0 Å². The molecule has 2 aromatic heterocycles. The average molecular weight is 679 g/mol. The second kappa shape index (κ2) is 13.1. The Morgan fingerprint density at radius 3 is 2.52 bits per heavy atom. The summed E-state index contributed by atoms with van der Waals surface area (Å²) in [6.45, 7) is 3.10. The minimum absolute atomic E-state index is 0.0252. The van der Waals surface area contributed by atoms with Gasteiger partial charge in [-0.25, -0.2) is 14.7 Å². The van der Waals surface area contributed by atoms with E-state index in [-0.39, 0.29) is 29.9 Å². The lowest BCUT2D eigenvalue weighted by atomic mass is 9.75. The Hall–Kier alpha value is -4.65. The SMILES string of the molecule is CC(C)(C)C[C@]1(c2ccc(-c3cnn(C(F)F)c3)cc2)N=C(N)N([C@H](COC(=O)CC2CCC2)c2ccc(Cl)c(-c3ncn[nH]3)c2)C1=O. The van der Waals surface area contributed by atoms with Crippen molar-refractivity contribution in [3.05, 3.63) is 77.3 Å². The third-order valence-corrected chi connectivity index (χ3v) is 9.18. The number of guanidine groups is 1. The molecular weight excluding hydrogens is 642 g/mol. The molecule has 6 rings (SSSR count). The van der Waals surface area contributed by atoms with Crippen LogP contribution >= 0.6 is 11.6 Å². The zero-order valence-electron chi connectivity index (χ0n) is 26.9. The monoisotopic (exact) mass is 678 g/mol. The van der Waals surface area contributed by atoms with E-state index < -0.39 is 18.1 Å². The summed E-state index contributed by atoms with van der Waals surface area (Å²) in [4.78, 5) is 38.3. The minimum atomic E-state index is -2.76. The standard InChI is InChI=1S/C34H37ClF2N8O3/c1-33(2,3)18-34(24-10-7-21(8-11-24)23-15-41-44(16-23)31(36)37)30(47)45(32(38)42-34)27(17-48-28(46)13-20-5-4-6-20)22-9-12-26(35)25(14-22)29-39-19-40-43-29/h7-12,14-16,19-20,27,31H,4-6,13,17-18H2,1-3H3,(H2,38,42)(H,39,40,43)/t27-,34-/m1/s1. The van der Waals surface area contributed by atoms with Gasteiger partial charge in [-0.05, 0) is 59.4 Å². The quantitative estimate of drug-likeness (QED) is 0.169. The zero-order chi connectivity index (χ0) is 34.2. The summed E-state index contributed by atoms with van der Waals surface area (Å²) in [5, 5.41) is 10.9. The van der Waals surface area contributed by atoms with Crippen LogP contribution in [0.2, 0.25) is 5.02 Å². The summed E-state index contributed by atoms with van der Waals surface area (Å²) < 4.78 is 32.7. The molecule has 0 bridgehead atoms. The number of nitrogens with two attached hydrogens (primary N) is 1. The number of ether oxygens (including phenoxy) is 1. The molecule has 3 N–H and O–H groups in total. The Kier molecular flexibility index (Phi) is 9.08. The molecule has 3 heterocycles. The maximum absolute atomic E-state index is 14.9. The number of aromatic amines is 1. The summed E-state index contributed by atoms with van der Waals surface area (Å²) in [7, 11) is 0. The molecule has 14 heteroatoms. The maximum Gasteiger partial charge on any atom is 0.333 e. The summed E-state index contributed by atoms with van der Waals surface area (Å²) in [5.41, 5.74) is 7.74. The highest BCUT2D eigenvalue weighted by molar-refractivity contribution is 6.33. The molecule has 1 aliphatic carbocycles. The fourth-order valence-corrected chi connectivity index (χ4v) is 6.56. The molecule has 11 nitrogen and oxygen atoms in total. The molecule has 2 atom stereocenters. The van der Waals surface area contributed by atoms with Crippen LogP contribution in [0, 0.1) is 11.3 Å². The van der Waals surface area contributed by atoms with Crippen LogP contribution < -0.4 is 5.73 Å². The van der Waals surface area contributed by atoms with Crippen molar-refractivity contribution in [3.8, 4) is 22.5 Å². The number of aliphatic imine (C=N–C) groups is 1. The van der Waals surface area contributed by atoms with Crippen LogP contribution in [-0.4, -0.2) is 54.3 Å². The van der Waals surface area contributed by atoms with Crippen molar-refractivity contribution in [1.29, 1.82) is 0 Å². The molecular formula is C34H37ClF2N8O3. The molecule has 48 heavy (non-hydrogen) atoms. The van der Waals surface area contributed by atoms with E-state index in [1.807, 2.05) is 20.8 Å². The molecule has 1 aliphatic heterocycles. The first-order valence-corrected chi connectivity index (χ1v) is 16.2. The molecule has 1 saturated carbocycles. The predicted octanol–water partition coefficient (Wildman–Crippen LogP) is 6.65. The number of H-pyrrole nitrogens is 1. The molecule has 0 unspecified atom stereocenters. The number of rotatable bonds is 11. The number of amides is 1. The maximum atomic E-state index is 14.9. The van der Waals surface area contributed by atoms with Crippen LogP contribution in [0.5, 0.6) is 0 Å². The largest absolute Gasteiger partial charge is 0.463 e. The fraction of sp³-hybridized carbons (Fsp3) is 0.412. The van der Waals surface area contributed by atoms with Crippen LogP contribution in [0.4, 0.5) is 8.78 Å². The number of carbonyl (C=O) groups excluding carboxylic acids is 2. The minimum Gasteiger partial charge on any atom is -0.463 e.